The Balaban J connectivity index is 1.91. The van der Waals surface area contributed by atoms with Crippen molar-refractivity contribution in [2.24, 2.45) is 5.41 Å². The van der Waals surface area contributed by atoms with E-state index in [1.165, 1.54) is 11.3 Å². The summed E-state index contributed by atoms with van der Waals surface area (Å²) in [7, 11) is 1.59. The molecule has 1 amide bonds. The van der Waals surface area contributed by atoms with E-state index in [2.05, 4.69) is 5.32 Å². The van der Waals surface area contributed by atoms with Gasteiger partial charge in [0, 0.05) is 23.4 Å². The Morgan fingerprint density at radius 2 is 2.28 bits per heavy atom. The molecule has 100 valence electrons. The summed E-state index contributed by atoms with van der Waals surface area (Å²) in [4.78, 5) is 12.6. The van der Waals surface area contributed by atoms with Gasteiger partial charge in [0.05, 0.1) is 18.6 Å². The van der Waals surface area contributed by atoms with Gasteiger partial charge in [-0.15, -0.1) is 11.3 Å². The topological polar surface area (TPSA) is 58.6 Å². The largest absolute Gasteiger partial charge is 0.496 e. The Labute approximate surface area is 111 Å². The molecule has 2 N–H and O–H groups in total. The van der Waals surface area contributed by atoms with Crippen LogP contribution in [-0.4, -0.2) is 31.3 Å². The van der Waals surface area contributed by atoms with Crippen molar-refractivity contribution in [1.82, 2.24) is 5.32 Å². The number of amides is 1. The molecule has 1 saturated carbocycles. The van der Waals surface area contributed by atoms with E-state index >= 15 is 0 Å². The molecule has 18 heavy (non-hydrogen) atoms. The summed E-state index contributed by atoms with van der Waals surface area (Å²) in [6, 6.07) is 1.74. The van der Waals surface area contributed by atoms with Crippen LogP contribution in [-0.2, 0) is 0 Å². The first-order valence-corrected chi connectivity index (χ1v) is 7.09. The van der Waals surface area contributed by atoms with Crippen molar-refractivity contribution >= 4 is 17.2 Å². The van der Waals surface area contributed by atoms with Gasteiger partial charge in [-0.1, -0.05) is 12.8 Å². The van der Waals surface area contributed by atoms with Crippen molar-refractivity contribution in [2.45, 2.75) is 25.7 Å². The summed E-state index contributed by atoms with van der Waals surface area (Å²) in [5, 5.41) is 14.2. The van der Waals surface area contributed by atoms with E-state index in [1.54, 1.807) is 13.2 Å². The van der Waals surface area contributed by atoms with Crippen molar-refractivity contribution in [3.63, 3.8) is 0 Å². The molecule has 0 aliphatic heterocycles. The lowest BCUT2D eigenvalue weighted by Gasteiger charge is -2.26. The van der Waals surface area contributed by atoms with Gasteiger partial charge in [0.25, 0.3) is 5.91 Å². The van der Waals surface area contributed by atoms with E-state index < -0.39 is 0 Å². The van der Waals surface area contributed by atoms with Crippen molar-refractivity contribution in [3.8, 4) is 5.75 Å². The van der Waals surface area contributed by atoms with Gasteiger partial charge in [-0.05, 0) is 12.8 Å². The summed E-state index contributed by atoms with van der Waals surface area (Å²) < 4.78 is 5.05. The number of thiophene rings is 1. The number of aliphatic hydroxyl groups excluding tert-OH is 1. The third kappa shape index (κ3) is 2.84. The molecule has 1 aliphatic rings. The lowest BCUT2D eigenvalue weighted by Crippen LogP contribution is -2.38. The van der Waals surface area contributed by atoms with Crippen LogP contribution in [0.5, 0.6) is 5.75 Å². The minimum absolute atomic E-state index is 0.0805. The summed E-state index contributed by atoms with van der Waals surface area (Å²) in [5.74, 6) is 0.630. The fraction of sp³-hybridized carbons (Fsp3) is 0.615. The molecule has 0 aromatic carbocycles. The van der Waals surface area contributed by atoms with Gasteiger partial charge in [0.1, 0.15) is 5.75 Å². The van der Waals surface area contributed by atoms with Gasteiger partial charge in [0.15, 0.2) is 0 Å². The standard InChI is InChI=1S/C13H19NO3S/c1-17-10-6-11(18-7-10)12(16)14-8-13(9-15)4-2-3-5-13/h6-7,15H,2-5,8-9H2,1H3,(H,14,16). The zero-order valence-corrected chi connectivity index (χ0v) is 11.4. The molecule has 0 unspecified atom stereocenters. The molecule has 1 heterocycles. The van der Waals surface area contributed by atoms with Crippen LogP contribution in [0.2, 0.25) is 0 Å². The molecule has 0 radical (unpaired) electrons. The number of rotatable bonds is 5. The van der Waals surface area contributed by atoms with E-state index in [0.29, 0.717) is 17.2 Å². The second-order valence-electron chi connectivity index (χ2n) is 4.90. The van der Waals surface area contributed by atoms with Gasteiger partial charge in [0.2, 0.25) is 0 Å². The van der Waals surface area contributed by atoms with E-state index in [0.717, 1.165) is 25.7 Å². The van der Waals surface area contributed by atoms with Crippen LogP contribution >= 0.6 is 11.3 Å². The summed E-state index contributed by atoms with van der Waals surface area (Å²) in [6.45, 7) is 0.712. The fourth-order valence-electron chi connectivity index (χ4n) is 2.42. The third-order valence-corrected chi connectivity index (χ3v) is 4.57. The smallest absolute Gasteiger partial charge is 0.261 e. The highest BCUT2D eigenvalue weighted by Gasteiger charge is 2.33. The summed E-state index contributed by atoms with van der Waals surface area (Å²) in [5.41, 5.74) is -0.100. The van der Waals surface area contributed by atoms with Crippen molar-refractivity contribution < 1.29 is 14.6 Å². The summed E-state index contributed by atoms with van der Waals surface area (Å²) >= 11 is 1.37. The first-order chi connectivity index (χ1) is 8.69. The minimum Gasteiger partial charge on any atom is -0.496 e. The highest BCUT2D eigenvalue weighted by molar-refractivity contribution is 7.12. The highest BCUT2D eigenvalue weighted by Crippen LogP contribution is 2.37. The second-order valence-corrected chi connectivity index (χ2v) is 5.81. The zero-order valence-electron chi connectivity index (χ0n) is 10.6. The molecular weight excluding hydrogens is 250 g/mol. The van der Waals surface area contributed by atoms with E-state index in [9.17, 15) is 9.90 Å². The molecule has 0 spiro atoms. The first-order valence-electron chi connectivity index (χ1n) is 6.21. The second kappa shape index (κ2) is 5.71. The molecule has 0 saturated heterocycles. The predicted molar refractivity (Wildman–Crippen MR) is 71.2 cm³/mol. The molecular formula is C13H19NO3S. The maximum Gasteiger partial charge on any atom is 0.261 e. The number of ether oxygens (including phenoxy) is 1. The molecule has 0 atom stereocenters. The van der Waals surface area contributed by atoms with Crippen LogP contribution in [0.15, 0.2) is 11.4 Å². The molecule has 0 bridgehead atoms. The number of carbonyl (C=O) groups is 1. The van der Waals surface area contributed by atoms with Crippen LogP contribution in [0.3, 0.4) is 0 Å². The maximum absolute atomic E-state index is 12.0. The number of methoxy groups -OCH3 is 1. The maximum atomic E-state index is 12.0. The van der Waals surface area contributed by atoms with Gasteiger partial charge < -0.3 is 15.2 Å². The predicted octanol–water partition coefficient (Wildman–Crippen LogP) is 2.04. The molecule has 1 aromatic rings. The van der Waals surface area contributed by atoms with Crippen LogP contribution in [0.25, 0.3) is 0 Å². The Bertz CT molecular complexity index is 410. The number of nitrogens with one attached hydrogen (secondary N) is 1. The SMILES string of the molecule is COc1csc(C(=O)NCC2(CO)CCCC2)c1. The van der Waals surface area contributed by atoms with Gasteiger partial charge in [-0.25, -0.2) is 0 Å². The van der Waals surface area contributed by atoms with E-state index in [-0.39, 0.29) is 17.9 Å². The monoisotopic (exact) mass is 269 g/mol. The molecule has 4 nitrogen and oxygen atoms in total. The minimum atomic E-state index is -0.100. The zero-order chi connectivity index (χ0) is 13.0. The van der Waals surface area contributed by atoms with Crippen LogP contribution in [0, 0.1) is 5.41 Å². The molecule has 1 aromatic heterocycles. The van der Waals surface area contributed by atoms with Gasteiger partial charge in [-0.2, -0.15) is 0 Å². The average molecular weight is 269 g/mol. The molecule has 2 rings (SSSR count). The highest BCUT2D eigenvalue weighted by atomic mass is 32.1. The lowest BCUT2D eigenvalue weighted by atomic mass is 9.87. The van der Waals surface area contributed by atoms with Crippen LogP contribution in [0.4, 0.5) is 0 Å². The molecule has 1 fully saturated rings. The third-order valence-electron chi connectivity index (χ3n) is 3.66. The number of aliphatic hydroxyl groups is 1. The number of carbonyl (C=O) groups excluding carboxylic acids is 1. The Morgan fingerprint density at radius 3 is 2.83 bits per heavy atom. The van der Waals surface area contributed by atoms with Gasteiger partial charge >= 0.3 is 0 Å². The molecule has 5 heteroatoms. The Kier molecular flexibility index (Phi) is 4.24. The van der Waals surface area contributed by atoms with Crippen molar-refractivity contribution in [1.29, 1.82) is 0 Å². The van der Waals surface area contributed by atoms with Crippen molar-refractivity contribution in [3.05, 3.63) is 16.3 Å². The van der Waals surface area contributed by atoms with Crippen molar-refractivity contribution in [2.75, 3.05) is 20.3 Å². The number of hydrogen-bond acceptors (Lipinski definition) is 4. The average Bonchev–Trinajstić information content (AvgIpc) is 3.05. The fourth-order valence-corrected chi connectivity index (χ4v) is 3.19. The van der Waals surface area contributed by atoms with Crippen LogP contribution < -0.4 is 10.1 Å². The quantitative estimate of drug-likeness (QED) is 0.860. The van der Waals surface area contributed by atoms with Crippen LogP contribution in [0.1, 0.15) is 35.4 Å². The van der Waals surface area contributed by atoms with Gasteiger partial charge in [-0.3, -0.25) is 4.79 Å². The summed E-state index contributed by atoms with van der Waals surface area (Å²) in [6.07, 6.45) is 4.28. The Morgan fingerprint density at radius 1 is 1.56 bits per heavy atom. The number of hydrogen-bond donors (Lipinski definition) is 2. The first kappa shape index (κ1) is 13.4. The van der Waals surface area contributed by atoms with E-state index in [4.69, 9.17) is 4.74 Å². The lowest BCUT2D eigenvalue weighted by molar-refractivity contribution is 0.0884. The Hall–Kier alpha value is -1.07. The normalized spacial score (nSPS) is 17.7. The van der Waals surface area contributed by atoms with E-state index in [1.807, 2.05) is 5.38 Å². The molecule has 1 aliphatic carbocycles.